The molecule has 0 radical (unpaired) electrons. The summed E-state index contributed by atoms with van der Waals surface area (Å²) in [4.78, 5) is 30.3. The molecule has 1 aromatic carbocycles. The summed E-state index contributed by atoms with van der Waals surface area (Å²) in [5, 5.41) is 21.9. The van der Waals surface area contributed by atoms with Crippen molar-refractivity contribution in [3.05, 3.63) is 65.5 Å². The molecule has 1 saturated heterocycles. The quantitative estimate of drug-likeness (QED) is 0.857. The predicted molar refractivity (Wildman–Crippen MR) is 93.2 cm³/mol. The minimum Gasteiger partial charge on any atom is -0.389 e. The maximum Gasteiger partial charge on any atom is 0.272 e. The van der Waals surface area contributed by atoms with Gasteiger partial charge in [-0.1, -0.05) is 6.07 Å². The average molecular weight is 350 g/mol. The fraction of sp³-hybridized carbons (Fsp3) is 0.263. The first-order valence-corrected chi connectivity index (χ1v) is 8.28. The Bertz CT molecular complexity index is 830. The first-order valence-electron chi connectivity index (χ1n) is 8.28. The number of rotatable bonds is 3. The number of hydrogen-bond acceptors (Lipinski definition) is 5. The van der Waals surface area contributed by atoms with Gasteiger partial charge in [0.15, 0.2) is 0 Å². The Kier molecular flexibility index (Phi) is 5.25. The smallest absolute Gasteiger partial charge is 0.272 e. The second-order valence-electron chi connectivity index (χ2n) is 6.09. The van der Waals surface area contributed by atoms with Crippen molar-refractivity contribution in [3.63, 3.8) is 0 Å². The van der Waals surface area contributed by atoms with Crippen LogP contribution in [0.15, 0.2) is 48.7 Å². The zero-order valence-corrected chi connectivity index (χ0v) is 14.0. The van der Waals surface area contributed by atoms with E-state index in [4.69, 9.17) is 5.26 Å². The first-order chi connectivity index (χ1) is 12.6. The molecule has 0 spiro atoms. The van der Waals surface area contributed by atoms with Gasteiger partial charge in [-0.05, 0) is 42.8 Å². The molecule has 1 fully saturated rings. The molecule has 2 unspecified atom stereocenters. The van der Waals surface area contributed by atoms with Crippen molar-refractivity contribution in [1.29, 1.82) is 5.26 Å². The number of carbonyl (C=O) groups is 2. The summed E-state index contributed by atoms with van der Waals surface area (Å²) in [7, 11) is 0. The highest BCUT2D eigenvalue weighted by Crippen LogP contribution is 2.15. The Labute approximate surface area is 150 Å². The zero-order valence-electron chi connectivity index (χ0n) is 14.0. The van der Waals surface area contributed by atoms with E-state index in [1.54, 1.807) is 48.7 Å². The molecule has 1 aliphatic heterocycles. The molecular formula is C19H18N4O3. The van der Waals surface area contributed by atoms with Gasteiger partial charge in [-0.25, -0.2) is 0 Å². The van der Waals surface area contributed by atoms with E-state index < -0.39 is 12.1 Å². The lowest BCUT2D eigenvalue weighted by Crippen LogP contribution is -2.55. The second-order valence-corrected chi connectivity index (χ2v) is 6.09. The number of nitrogens with one attached hydrogen (secondary N) is 1. The van der Waals surface area contributed by atoms with Gasteiger partial charge in [0.25, 0.3) is 11.8 Å². The number of nitriles is 1. The Hall–Kier alpha value is -3.24. The number of aliphatic hydroxyl groups excluding tert-OH is 1. The van der Waals surface area contributed by atoms with Gasteiger partial charge < -0.3 is 15.3 Å². The van der Waals surface area contributed by atoms with E-state index in [2.05, 4.69) is 10.3 Å². The van der Waals surface area contributed by atoms with E-state index in [0.29, 0.717) is 29.8 Å². The van der Waals surface area contributed by atoms with E-state index in [1.807, 2.05) is 6.07 Å². The molecule has 132 valence electrons. The number of piperidine rings is 1. The molecule has 0 bridgehead atoms. The molecule has 1 aromatic heterocycles. The van der Waals surface area contributed by atoms with Crippen molar-refractivity contribution in [1.82, 2.24) is 15.2 Å². The average Bonchev–Trinajstić information content (AvgIpc) is 2.69. The topological polar surface area (TPSA) is 106 Å². The highest BCUT2D eigenvalue weighted by atomic mass is 16.3. The maximum absolute atomic E-state index is 12.4. The van der Waals surface area contributed by atoms with Gasteiger partial charge in [0.05, 0.1) is 23.8 Å². The van der Waals surface area contributed by atoms with Gasteiger partial charge in [0.2, 0.25) is 0 Å². The Morgan fingerprint density at radius 3 is 2.62 bits per heavy atom. The molecule has 0 saturated carbocycles. The number of carbonyl (C=O) groups excluding carboxylic acids is 2. The predicted octanol–water partition coefficient (Wildman–Crippen LogP) is 0.959. The highest BCUT2D eigenvalue weighted by molar-refractivity contribution is 5.94. The van der Waals surface area contributed by atoms with Gasteiger partial charge in [-0.3, -0.25) is 14.6 Å². The molecule has 0 aliphatic carbocycles. The minimum atomic E-state index is -0.862. The standard InChI is InChI=1S/C19H18N4O3/c20-11-13-4-6-14(7-5-13)18(25)22-15-8-10-23(12-17(15)24)19(26)16-3-1-2-9-21-16/h1-7,9,15,17,24H,8,10,12H2,(H,22,25). The van der Waals surface area contributed by atoms with Crippen molar-refractivity contribution in [2.45, 2.75) is 18.6 Å². The molecule has 26 heavy (non-hydrogen) atoms. The monoisotopic (exact) mass is 350 g/mol. The van der Waals surface area contributed by atoms with Gasteiger partial charge in [-0.2, -0.15) is 5.26 Å². The molecule has 2 N–H and O–H groups in total. The lowest BCUT2D eigenvalue weighted by atomic mass is 10.0. The van der Waals surface area contributed by atoms with Crippen LogP contribution in [0.4, 0.5) is 0 Å². The molecule has 2 heterocycles. The number of nitrogens with zero attached hydrogens (tertiary/aromatic N) is 3. The van der Waals surface area contributed by atoms with Crippen molar-refractivity contribution in [2.24, 2.45) is 0 Å². The lowest BCUT2D eigenvalue weighted by Gasteiger charge is -2.36. The van der Waals surface area contributed by atoms with Crippen LogP contribution in [0.25, 0.3) is 0 Å². The molecule has 1 aliphatic rings. The number of likely N-dealkylation sites (tertiary alicyclic amines) is 1. The van der Waals surface area contributed by atoms with E-state index in [9.17, 15) is 14.7 Å². The molecule has 2 amide bonds. The van der Waals surface area contributed by atoms with Gasteiger partial charge >= 0.3 is 0 Å². The second kappa shape index (κ2) is 7.76. The number of benzene rings is 1. The Balaban J connectivity index is 1.59. The lowest BCUT2D eigenvalue weighted by molar-refractivity contribution is 0.0311. The molecule has 2 aromatic rings. The van der Waals surface area contributed by atoms with Crippen LogP contribution in [0.1, 0.15) is 32.8 Å². The summed E-state index contributed by atoms with van der Waals surface area (Å²) >= 11 is 0. The third kappa shape index (κ3) is 3.87. The first kappa shape index (κ1) is 17.6. The summed E-state index contributed by atoms with van der Waals surface area (Å²) in [6.45, 7) is 0.554. The Morgan fingerprint density at radius 1 is 1.23 bits per heavy atom. The number of hydrogen-bond donors (Lipinski definition) is 2. The van der Waals surface area contributed by atoms with E-state index >= 15 is 0 Å². The number of amides is 2. The third-order valence-electron chi connectivity index (χ3n) is 4.35. The number of pyridine rings is 1. The van der Waals surface area contributed by atoms with Crippen LogP contribution >= 0.6 is 0 Å². The van der Waals surface area contributed by atoms with E-state index in [-0.39, 0.29) is 18.4 Å². The molecule has 3 rings (SSSR count). The Morgan fingerprint density at radius 2 is 2.00 bits per heavy atom. The maximum atomic E-state index is 12.4. The van der Waals surface area contributed by atoms with Crippen molar-refractivity contribution < 1.29 is 14.7 Å². The van der Waals surface area contributed by atoms with Crippen LogP contribution in [-0.2, 0) is 0 Å². The zero-order chi connectivity index (χ0) is 18.5. The molecule has 7 heteroatoms. The van der Waals surface area contributed by atoms with Crippen LogP contribution < -0.4 is 5.32 Å². The van der Waals surface area contributed by atoms with Crippen molar-refractivity contribution in [3.8, 4) is 6.07 Å². The largest absolute Gasteiger partial charge is 0.389 e. The number of aliphatic hydroxyl groups is 1. The van der Waals surface area contributed by atoms with Crippen molar-refractivity contribution in [2.75, 3.05) is 13.1 Å². The van der Waals surface area contributed by atoms with Gasteiger partial charge in [0.1, 0.15) is 5.69 Å². The molecule has 7 nitrogen and oxygen atoms in total. The van der Waals surface area contributed by atoms with Crippen LogP contribution in [0.2, 0.25) is 0 Å². The van der Waals surface area contributed by atoms with Crippen LogP contribution in [0, 0.1) is 11.3 Å². The summed E-state index contributed by atoms with van der Waals surface area (Å²) < 4.78 is 0. The molecule has 2 atom stereocenters. The van der Waals surface area contributed by atoms with Crippen LogP contribution in [0.5, 0.6) is 0 Å². The summed E-state index contributed by atoms with van der Waals surface area (Å²) in [5.41, 5.74) is 1.23. The summed E-state index contributed by atoms with van der Waals surface area (Å²) in [5.74, 6) is -0.551. The van der Waals surface area contributed by atoms with Crippen LogP contribution in [-0.4, -0.2) is 52.0 Å². The third-order valence-corrected chi connectivity index (χ3v) is 4.35. The summed E-state index contributed by atoms with van der Waals surface area (Å²) in [6, 6.07) is 12.9. The number of β-amino-alcohol motifs (C(OH)–C–C–N with tert-alkyl or cyclic N) is 1. The highest BCUT2D eigenvalue weighted by Gasteiger charge is 2.32. The molecular weight excluding hydrogens is 332 g/mol. The van der Waals surface area contributed by atoms with Gasteiger partial charge in [0, 0.05) is 24.8 Å². The van der Waals surface area contributed by atoms with Gasteiger partial charge in [-0.15, -0.1) is 0 Å². The summed E-state index contributed by atoms with van der Waals surface area (Å²) in [6.07, 6.45) is 1.13. The van der Waals surface area contributed by atoms with E-state index in [1.165, 1.54) is 4.90 Å². The minimum absolute atomic E-state index is 0.133. The SMILES string of the molecule is N#Cc1ccc(C(=O)NC2CCN(C(=O)c3ccccn3)CC2O)cc1. The fourth-order valence-electron chi connectivity index (χ4n) is 2.88. The van der Waals surface area contributed by atoms with Crippen LogP contribution in [0.3, 0.4) is 0 Å². The van der Waals surface area contributed by atoms with Crippen molar-refractivity contribution >= 4 is 11.8 Å². The van der Waals surface area contributed by atoms with E-state index in [0.717, 1.165) is 0 Å². The fourth-order valence-corrected chi connectivity index (χ4v) is 2.88. The normalized spacial score (nSPS) is 19.5. The number of aromatic nitrogens is 1.